The molecule has 0 saturated carbocycles. The summed E-state index contributed by atoms with van der Waals surface area (Å²) in [7, 11) is 0. The van der Waals surface area contributed by atoms with E-state index in [1.807, 2.05) is 48.5 Å². The number of benzene rings is 2. The third kappa shape index (κ3) is 4.97. The Morgan fingerprint density at radius 1 is 1.00 bits per heavy atom. The zero-order valence-electron chi connectivity index (χ0n) is 14.5. The van der Waals surface area contributed by atoms with Crippen LogP contribution in [0.5, 0.6) is 0 Å². The molecule has 5 nitrogen and oxygen atoms in total. The average Bonchev–Trinajstić information content (AvgIpc) is 2.64. The summed E-state index contributed by atoms with van der Waals surface area (Å²) < 4.78 is 5.37. The molecule has 0 spiro atoms. The van der Waals surface area contributed by atoms with Gasteiger partial charge in [0.2, 0.25) is 0 Å². The van der Waals surface area contributed by atoms with Crippen LogP contribution in [0, 0.1) is 0 Å². The first-order valence-electron chi connectivity index (χ1n) is 8.85. The van der Waals surface area contributed by atoms with E-state index >= 15 is 0 Å². The van der Waals surface area contributed by atoms with E-state index in [1.165, 1.54) is 0 Å². The molecular formula is C20H25N3O2. The van der Waals surface area contributed by atoms with Crippen molar-refractivity contribution in [3.63, 3.8) is 0 Å². The third-order valence-corrected chi connectivity index (χ3v) is 4.38. The number of aryl methyl sites for hydroxylation is 1. The van der Waals surface area contributed by atoms with Gasteiger partial charge in [0.05, 0.1) is 0 Å². The normalized spacial score (nSPS) is 14.8. The van der Waals surface area contributed by atoms with E-state index in [0.29, 0.717) is 6.04 Å². The van der Waals surface area contributed by atoms with Gasteiger partial charge >= 0.3 is 6.03 Å². The maximum absolute atomic E-state index is 12.2. The van der Waals surface area contributed by atoms with E-state index in [1.54, 1.807) is 0 Å². The minimum Gasteiger partial charge on any atom is -0.382 e. The molecule has 0 atom stereocenters. The Morgan fingerprint density at radius 3 is 2.40 bits per heavy atom. The van der Waals surface area contributed by atoms with Crippen LogP contribution in [0.1, 0.15) is 25.3 Å². The maximum Gasteiger partial charge on any atom is 0.323 e. The highest BCUT2D eigenvalue weighted by Gasteiger charge is 2.13. The number of nitrogens with one attached hydrogen (secondary N) is 3. The predicted molar refractivity (Wildman–Crippen MR) is 102 cm³/mol. The number of hydrogen-bond donors (Lipinski definition) is 3. The molecule has 1 aliphatic heterocycles. The summed E-state index contributed by atoms with van der Waals surface area (Å²) in [5.74, 6) is 0. The molecule has 25 heavy (non-hydrogen) atoms. The van der Waals surface area contributed by atoms with Crippen LogP contribution in [-0.2, 0) is 11.2 Å². The van der Waals surface area contributed by atoms with Crippen LogP contribution in [0.15, 0.2) is 48.5 Å². The second-order valence-corrected chi connectivity index (χ2v) is 6.20. The van der Waals surface area contributed by atoms with Crippen molar-refractivity contribution in [2.45, 2.75) is 32.2 Å². The Kier molecular flexibility index (Phi) is 5.90. The van der Waals surface area contributed by atoms with Crippen molar-refractivity contribution in [3.8, 4) is 0 Å². The van der Waals surface area contributed by atoms with E-state index in [0.717, 1.165) is 55.1 Å². The number of urea groups is 1. The SMILES string of the molecule is CCc1ccccc1NC(=O)Nc1ccc(NC2CCOCC2)cc1. The molecule has 1 aliphatic rings. The molecule has 5 heteroatoms. The average molecular weight is 339 g/mol. The van der Waals surface area contributed by atoms with Gasteiger partial charge in [0.15, 0.2) is 0 Å². The van der Waals surface area contributed by atoms with Gasteiger partial charge in [-0.3, -0.25) is 0 Å². The van der Waals surface area contributed by atoms with Gasteiger partial charge in [-0.25, -0.2) is 4.79 Å². The Balaban J connectivity index is 1.54. The van der Waals surface area contributed by atoms with Gasteiger partial charge < -0.3 is 20.7 Å². The number of carbonyl (C=O) groups is 1. The molecule has 3 rings (SSSR count). The Labute approximate surface area is 148 Å². The highest BCUT2D eigenvalue weighted by Crippen LogP contribution is 2.19. The lowest BCUT2D eigenvalue weighted by atomic mass is 10.1. The van der Waals surface area contributed by atoms with E-state index in [9.17, 15) is 4.79 Å². The van der Waals surface area contributed by atoms with Crippen LogP contribution < -0.4 is 16.0 Å². The highest BCUT2D eigenvalue weighted by molar-refractivity contribution is 6.00. The fraction of sp³-hybridized carbons (Fsp3) is 0.350. The molecule has 1 heterocycles. The molecule has 1 fully saturated rings. The largest absolute Gasteiger partial charge is 0.382 e. The summed E-state index contributed by atoms with van der Waals surface area (Å²) in [5, 5.41) is 9.29. The van der Waals surface area contributed by atoms with Gasteiger partial charge in [0.1, 0.15) is 0 Å². The first kappa shape index (κ1) is 17.3. The molecule has 0 bridgehead atoms. The Morgan fingerprint density at radius 2 is 1.68 bits per heavy atom. The molecule has 0 aromatic heterocycles. The van der Waals surface area contributed by atoms with E-state index in [4.69, 9.17) is 4.74 Å². The van der Waals surface area contributed by atoms with Crippen LogP contribution in [0.2, 0.25) is 0 Å². The molecule has 2 amide bonds. The molecule has 132 valence electrons. The van der Waals surface area contributed by atoms with Gasteiger partial charge in [-0.05, 0) is 55.2 Å². The molecular weight excluding hydrogens is 314 g/mol. The van der Waals surface area contributed by atoms with E-state index in [-0.39, 0.29) is 6.03 Å². The number of ether oxygens (including phenoxy) is 1. The van der Waals surface area contributed by atoms with Crippen LogP contribution >= 0.6 is 0 Å². The molecule has 1 saturated heterocycles. The number of rotatable bonds is 5. The van der Waals surface area contributed by atoms with Crippen LogP contribution in [0.3, 0.4) is 0 Å². The highest BCUT2D eigenvalue weighted by atomic mass is 16.5. The summed E-state index contributed by atoms with van der Waals surface area (Å²) in [6.45, 7) is 3.70. The summed E-state index contributed by atoms with van der Waals surface area (Å²) in [6, 6.07) is 15.9. The van der Waals surface area contributed by atoms with Gasteiger partial charge in [-0.15, -0.1) is 0 Å². The van der Waals surface area contributed by atoms with Crippen molar-refractivity contribution in [1.29, 1.82) is 0 Å². The smallest absolute Gasteiger partial charge is 0.323 e. The zero-order valence-corrected chi connectivity index (χ0v) is 14.5. The number of para-hydroxylation sites is 1. The van der Waals surface area contributed by atoms with Gasteiger partial charge in [-0.2, -0.15) is 0 Å². The van der Waals surface area contributed by atoms with Gasteiger partial charge in [0.25, 0.3) is 0 Å². The topological polar surface area (TPSA) is 62.4 Å². The minimum absolute atomic E-state index is 0.231. The van der Waals surface area contributed by atoms with Crippen molar-refractivity contribution in [2.75, 3.05) is 29.2 Å². The van der Waals surface area contributed by atoms with Crippen LogP contribution in [0.25, 0.3) is 0 Å². The fourth-order valence-corrected chi connectivity index (χ4v) is 2.96. The fourth-order valence-electron chi connectivity index (χ4n) is 2.96. The summed E-state index contributed by atoms with van der Waals surface area (Å²) in [4.78, 5) is 12.2. The lowest BCUT2D eigenvalue weighted by Crippen LogP contribution is -2.27. The Hall–Kier alpha value is -2.53. The second-order valence-electron chi connectivity index (χ2n) is 6.20. The first-order chi connectivity index (χ1) is 12.2. The number of carbonyl (C=O) groups excluding carboxylic acids is 1. The lowest BCUT2D eigenvalue weighted by molar-refractivity contribution is 0.0904. The molecule has 2 aromatic rings. The molecule has 0 aliphatic carbocycles. The van der Waals surface area contributed by atoms with Gasteiger partial charge in [-0.1, -0.05) is 25.1 Å². The summed E-state index contributed by atoms with van der Waals surface area (Å²) in [5.41, 5.74) is 3.80. The van der Waals surface area contributed by atoms with Gasteiger partial charge in [0, 0.05) is 36.3 Å². The molecule has 3 N–H and O–H groups in total. The van der Waals surface area contributed by atoms with Crippen molar-refractivity contribution >= 4 is 23.1 Å². The Bertz CT molecular complexity index is 694. The zero-order chi connectivity index (χ0) is 17.5. The predicted octanol–water partition coefficient (Wildman–Crippen LogP) is 4.48. The first-order valence-corrected chi connectivity index (χ1v) is 8.85. The molecule has 0 radical (unpaired) electrons. The summed E-state index contributed by atoms with van der Waals surface area (Å²) in [6.07, 6.45) is 2.93. The summed E-state index contributed by atoms with van der Waals surface area (Å²) >= 11 is 0. The quantitative estimate of drug-likeness (QED) is 0.752. The molecule has 2 aromatic carbocycles. The van der Waals surface area contributed by atoms with Crippen molar-refractivity contribution < 1.29 is 9.53 Å². The van der Waals surface area contributed by atoms with E-state index in [2.05, 4.69) is 22.9 Å². The van der Waals surface area contributed by atoms with Crippen molar-refractivity contribution in [1.82, 2.24) is 0 Å². The van der Waals surface area contributed by atoms with Crippen molar-refractivity contribution in [3.05, 3.63) is 54.1 Å². The maximum atomic E-state index is 12.2. The number of anilines is 3. The second kappa shape index (κ2) is 8.53. The number of amides is 2. The van der Waals surface area contributed by atoms with E-state index < -0.39 is 0 Å². The number of hydrogen-bond acceptors (Lipinski definition) is 3. The van der Waals surface area contributed by atoms with Crippen molar-refractivity contribution in [2.24, 2.45) is 0 Å². The lowest BCUT2D eigenvalue weighted by Gasteiger charge is -2.24. The van der Waals surface area contributed by atoms with Crippen LogP contribution in [0.4, 0.5) is 21.9 Å². The molecule has 0 unspecified atom stereocenters. The van der Waals surface area contributed by atoms with Crippen LogP contribution in [-0.4, -0.2) is 25.3 Å². The third-order valence-electron chi connectivity index (χ3n) is 4.38. The standard InChI is InChI=1S/C20H25N3O2/c1-2-15-5-3-4-6-19(15)23-20(24)22-17-9-7-16(8-10-17)21-18-11-13-25-14-12-18/h3-10,18,21H,2,11-14H2,1H3,(H2,22,23,24). The monoisotopic (exact) mass is 339 g/mol. The minimum atomic E-state index is -0.231.